The van der Waals surface area contributed by atoms with E-state index in [0.29, 0.717) is 22.9 Å². The minimum absolute atomic E-state index is 0.0871. The summed E-state index contributed by atoms with van der Waals surface area (Å²) in [5, 5.41) is 0.390. The molecule has 2 rings (SSSR count). The number of amides is 1. The van der Waals surface area contributed by atoms with Crippen LogP contribution in [0.4, 0.5) is 4.39 Å². The highest BCUT2D eigenvalue weighted by molar-refractivity contribution is 8.00. The third kappa shape index (κ3) is 3.58. The molecule has 1 aliphatic heterocycles. The lowest BCUT2D eigenvalue weighted by molar-refractivity contribution is 0.0698. The van der Waals surface area contributed by atoms with E-state index in [0.717, 1.165) is 5.75 Å². The van der Waals surface area contributed by atoms with Crippen molar-refractivity contribution in [1.82, 2.24) is 4.90 Å². The van der Waals surface area contributed by atoms with Crippen LogP contribution in [-0.4, -0.2) is 40.9 Å². The van der Waals surface area contributed by atoms with E-state index >= 15 is 0 Å². The second-order valence-electron chi connectivity index (χ2n) is 5.01. The van der Waals surface area contributed by atoms with Crippen molar-refractivity contribution in [2.45, 2.75) is 25.1 Å². The highest BCUT2D eigenvalue weighted by Crippen LogP contribution is 2.26. The van der Waals surface area contributed by atoms with Crippen LogP contribution in [0.3, 0.4) is 0 Å². The molecule has 2 atom stereocenters. The van der Waals surface area contributed by atoms with Gasteiger partial charge in [0.1, 0.15) is 5.82 Å². The molecule has 3 nitrogen and oxygen atoms in total. The fourth-order valence-corrected chi connectivity index (χ4v) is 3.43. The van der Waals surface area contributed by atoms with E-state index in [1.54, 1.807) is 0 Å². The standard InChI is InChI=1S/C16H19FN2OS/c1-11-12(2)21-9-8-19(11)16(20)15-6-5-14(17)10-13(15)4-3-7-18/h5-6,10-12H,7-9,18H2,1-2H3. The fourth-order valence-electron chi connectivity index (χ4n) is 2.33. The smallest absolute Gasteiger partial charge is 0.255 e. The Morgan fingerprint density at radius 2 is 2.29 bits per heavy atom. The number of hydrogen-bond acceptors (Lipinski definition) is 3. The fraction of sp³-hybridized carbons (Fsp3) is 0.438. The van der Waals surface area contributed by atoms with Gasteiger partial charge in [-0.25, -0.2) is 4.39 Å². The van der Waals surface area contributed by atoms with Crippen molar-refractivity contribution >= 4 is 17.7 Å². The molecule has 1 heterocycles. The summed E-state index contributed by atoms with van der Waals surface area (Å²) in [4.78, 5) is 14.6. The van der Waals surface area contributed by atoms with Gasteiger partial charge in [-0.2, -0.15) is 11.8 Å². The number of carbonyl (C=O) groups excluding carboxylic acids is 1. The average molecular weight is 306 g/mol. The van der Waals surface area contributed by atoms with Gasteiger partial charge in [0.15, 0.2) is 0 Å². The third-order valence-electron chi connectivity index (χ3n) is 3.68. The van der Waals surface area contributed by atoms with Gasteiger partial charge in [-0.1, -0.05) is 18.8 Å². The Morgan fingerprint density at radius 1 is 1.52 bits per heavy atom. The predicted octanol–water partition coefficient (Wildman–Crippen LogP) is 2.10. The number of hydrogen-bond donors (Lipinski definition) is 1. The molecule has 1 saturated heterocycles. The second-order valence-corrected chi connectivity index (χ2v) is 6.50. The zero-order chi connectivity index (χ0) is 15.4. The summed E-state index contributed by atoms with van der Waals surface area (Å²) in [5.74, 6) is 5.91. The summed E-state index contributed by atoms with van der Waals surface area (Å²) in [6.07, 6.45) is 0. The zero-order valence-electron chi connectivity index (χ0n) is 12.2. The largest absolute Gasteiger partial charge is 0.334 e. The first-order valence-electron chi connectivity index (χ1n) is 6.95. The minimum atomic E-state index is -0.400. The Morgan fingerprint density at radius 3 is 3.00 bits per heavy atom. The lowest BCUT2D eigenvalue weighted by Gasteiger charge is -2.37. The molecule has 0 bridgehead atoms. The van der Waals surface area contributed by atoms with E-state index in [1.165, 1.54) is 18.2 Å². The molecule has 1 aromatic carbocycles. The SMILES string of the molecule is CC1SCCN(C(=O)c2ccc(F)cc2C#CCN)C1C. The van der Waals surface area contributed by atoms with Crippen molar-refractivity contribution in [1.29, 1.82) is 0 Å². The molecule has 0 radical (unpaired) electrons. The second kappa shape index (κ2) is 6.97. The Hall–Kier alpha value is -1.51. The molecule has 21 heavy (non-hydrogen) atoms. The molecule has 0 saturated carbocycles. The Kier molecular flexibility index (Phi) is 5.27. The number of benzene rings is 1. The van der Waals surface area contributed by atoms with Crippen LogP contribution in [0.2, 0.25) is 0 Å². The summed E-state index contributed by atoms with van der Waals surface area (Å²) >= 11 is 1.86. The molecule has 1 fully saturated rings. The van der Waals surface area contributed by atoms with Crippen LogP contribution in [0.25, 0.3) is 0 Å². The monoisotopic (exact) mass is 306 g/mol. The van der Waals surface area contributed by atoms with Crippen molar-refractivity contribution in [2.24, 2.45) is 5.73 Å². The molecule has 5 heteroatoms. The number of carbonyl (C=O) groups is 1. The van der Waals surface area contributed by atoms with Gasteiger partial charge in [-0.3, -0.25) is 4.79 Å². The molecule has 112 valence electrons. The Bertz CT molecular complexity index is 594. The van der Waals surface area contributed by atoms with Crippen LogP contribution in [-0.2, 0) is 0 Å². The molecule has 1 aromatic rings. The van der Waals surface area contributed by atoms with Crippen molar-refractivity contribution in [2.75, 3.05) is 18.8 Å². The maximum absolute atomic E-state index is 13.4. The van der Waals surface area contributed by atoms with Crippen LogP contribution < -0.4 is 5.73 Å². The first kappa shape index (κ1) is 15.9. The summed E-state index contributed by atoms with van der Waals surface area (Å²) in [7, 11) is 0. The van der Waals surface area contributed by atoms with Gasteiger partial charge in [0.2, 0.25) is 0 Å². The summed E-state index contributed by atoms with van der Waals surface area (Å²) in [5.41, 5.74) is 6.21. The maximum atomic E-state index is 13.4. The number of nitrogens with two attached hydrogens (primary N) is 1. The van der Waals surface area contributed by atoms with Crippen LogP contribution in [0.15, 0.2) is 18.2 Å². The molecule has 2 unspecified atom stereocenters. The summed E-state index contributed by atoms with van der Waals surface area (Å²) in [6.45, 7) is 5.05. The van der Waals surface area contributed by atoms with Gasteiger partial charge in [0.05, 0.1) is 12.1 Å². The minimum Gasteiger partial charge on any atom is -0.334 e. The van der Waals surface area contributed by atoms with Gasteiger partial charge >= 0.3 is 0 Å². The normalized spacial score (nSPS) is 21.6. The highest BCUT2D eigenvalue weighted by Gasteiger charge is 2.30. The van der Waals surface area contributed by atoms with E-state index in [4.69, 9.17) is 5.73 Å². The molecule has 0 spiro atoms. The first-order valence-corrected chi connectivity index (χ1v) is 8.00. The summed E-state index contributed by atoms with van der Waals surface area (Å²) < 4.78 is 13.4. The van der Waals surface area contributed by atoms with Crippen LogP contribution in [0, 0.1) is 17.7 Å². The maximum Gasteiger partial charge on any atom is 0.255 e. The zero-order valence-corrected chi connectivity index (χ0v) is 13.0. The molecule has 1 amide bonds. The van der Waals surface area contributed by atoms with E-state index in [9.17, 15) is 9.18 Å². The molecule has 0 aromatic heterocycles. The molecule has 1 aliphatic rings. The Labute approximate surface area is 129 Å². The average Bonchev–Trinajstić information content (AvgIpc) is 2.47. The van der Waals surface area contributed by atoms with Crippen molar-refractivity contribution in [3.63, 3.8) is 0 Å². The Balaban J connectivity index is 2.34. The molecule has 2 N–H and O–H groups in total. The number of thioether (sulfide) groups is 1. The van der Waals surface area contributed by atoms with Crippen LogP contribution >= 0.6 is 11.8 Å². The third-order valence-corrected chi connectivity index (χ3v) is 5.02. The van der Waals surface area contributed by atoms with Crippen molar-refractivity contribution < 1.29 is 9.18 Å². The van der Waals surface area contributed by atoms with Gasteiger partial charge in [0.25, 0.3) is 5.91 Å². The van der Waals surface area contributed by atoms with E-state index < -0.39 is 5.82 Å². The quantitative estimate of drug-likeness (QED) is 0.808. The van der Waals surface area contributed by atoms with Crippen molar-refractivity contribution in [3.8, 4) is 11.8 Å². The predicted molar refractivity (Wildman–Crippen MR) is 84.8 cm³/mol. The number of rotatable bonds is 1. The van der Waals surface area contributed by atoms with Crippen LogP contribution in [0.5, 0.6) is 0 Å². The number of halogens is 1. The van der Waals surface area contributed by atoms with Gasteiger partial charge in [-0.15, -0.1) is 0 Å². The number of nitrogens with zero attached hydrogens (tertiary/aromatic N) is 1. The first-order chi connectivity index (χ1) is 10.0. The molecular weight excluding hydrogens is 287 g/mol. The molecule has 0 aliphatic carbocycles. The van der Waals surface area contributed by atoms with E-state index in [2.05, 4.69) is 18.8 Å². The van der Waals surface area contributed by atoms with Gasteiger partial charge < -0.3 is 10.6 Å². The van der Waals surface area contributed by atoms with Crippen LogP contribution in [0.1, 0.15) is 29.8 Å². The highest BCUT2D eigenvalue weighted by atomic mass is 32.2. The lowest BCUT2D eigenvalue weighted by atomic mass is 10.0. The summed E-state index contributed by atoms with van der Waals surface area (Å²) in [6, 6.07) is 4.25. The van der Waals surface area contributed by atoms with Crippen molar-refractivity contribution in [3.05, 3.63) is 35.1 Å². The van der Waals surface area contributed by atoms with E-state index in [1.807, 2.05) is 23.6 Å². The van der Waals surface area contributed by atoms with Gasteiger partial charge in [-0.05, 0) is 25.1 Å². The van der Waals surface area contributed by atoms with E-state index in [-0.39, 0.29) is 18.5 Å². The lowest BCUT2D eigenvalue weighted by Crippen LogP contribution is -2.48. The van der Waals surface area contributed by atoms with Gasteiger partial charge in [0, 0.05) is 29.2 Å². The topological polar surface area (TPSA) is 46.3 Å². The molecular formula is C16H19FN2OS.